The van der Waals surface area contributed by atoms with Crippen LogP contribution in [0.3, 0.4) is 0 Å². The largest absolute Gasteiger partial charge is 0.469 e. The molecule has 0 spiro atoms. The minimum atomic E-state index is -0.493. The second-order valence-electron chi connectivity index (χ2n) is 4.92. The van der Waals surface area contributed by atoms with Crippen LogP contribution in [0.15, 0.2) is 24.3 Å². The van der Waals surface area contributed by atoms with Gasteiger partial charge in [-0.1, -0.05) is 24.3 Å². The summed E-state index contributed by atoms with van der Waals surface area (Å²) in [6.45, 7) is 1.36. The van der Waals surface area contributed by atoms with Gasteiger partial charge in [0.2, 0.25) is 0 Å². The van der Waals surface area contributed by atoms with Gasteiger partial charge in [-0.3, -0.25) is 9.59 Å². The van der Waals surface area contributed by atoms with E-state index < -0.39 is 5.97 Å². The molecule has 1 fully saturated rings. The molecular weight excluding hydrogens is 272 g/mol. The van der Waals surface area contributed by atoms with E-state index in [-0.39, 0.29) is 18.5 Å². The molecule has 1 aromatic rings. The van der Waals surface area contributed by atoms with Crippen molar-refractivity contribution in [3.05, 3.63) is 35.4 Å². The first kappa shape index (κ1) is 15.7. The molecule has 1 aliphatic rings. The first-order valence-electron chi connectivity index (χ1n) is 7.10. The van der Waals surface area contributed by atoms with Crippen LogP contribution in [0.4, 0.5) is 0 Å². The third kappa shape index (κ3) is 4.65. The summed E-state index contributed by atoms with van der Waals surface area (Å²) in [6, 6.07) is 7.76. The maximum Gasteiger partial charge on any atom is 0.313 e. The number of ether oxygens (including phenoxy) is 3. The van der Waals surface area contributed by atoms with Crippen LogP contribution in [0.25, 0.3) is 0 Å². The number of Topliss-reactive ketones (excluding diaryl/α,β-unsaturated/α-hetero) is 1. The molecule has 1 heterocycles. The predicted molar refractivity (Wildman–Crippen MR) is 75.7 cm³/mol. The van der Waals surface area contributed by atoms with Crippen molar-refractivity contribution in [1.82, 2.24) is 0 Å². The topological polar surface area (TPSA) is 61.8 Å². The van der Waals surface area contributed by atoms with Crippen LogP contribution in [0, 0.1) is 0 Å². The van der Waals surface area contributed by atoms with E-state index in [1.807, 2.05) is 24.3 Å². The summed E-state index contributed by atoms with van der Waals surface area (Å²) in [4.78, 5) is 22.8. The summed E-state index contributed by atoms with van der Waals surface area (Å²) < 4.78 is 15.7. The highest BCUT2D eigenvalue weighted by atomic mass is 16.7. The average Bonchev–Trinajstić information content (AvgIpc) is 2.54. The number of esters is 1. The van der Waals surface area contributed by atoms with E-state index in [1.54, 1.807) is 0 Å². The molecule has 0 radical (unpaired) electrons. The number of rotatable bonds is 6. The molecule has 1 aromatic carbocycles. The van der Waals surface area contributed by atoms with Gasteiger partial charge in [-0.2, -0.15) is 0 Å². The Hall–Kier alpha value is -1.72. The Balaban J connectivity index is 1.96. The SMILES string of the molecule is COC(=O)CC(=O)CCc1ccccc1C1OCCCO1. The van der Waals surface area contributed by atoms with Crippen molar-refractivity contribution in [3.8, 4) is 0 Å². The maximum absolute atomic E-state index is 11.7. The van der Waals surface area contributed by atoms with E-state index in [9.17, 15) is 9.59 Å². The lowest BCUT2D eigenvalue weighted by atomic mass is 10.00. The maximum atomic E-state index is 11.7. The fourth-order valence-corrected chi connectivity index (χ4v) is 2.25. The first-order valence-corrected chi connectivity index (χ1v) is 7.10. The average molecular weight is 292 g/mol. The van der Waals surface area contributed by atoms with Crippen molar-refractivity contribution in [2.45, 2.75) is 32.0 Å². The van der Waals surface area contributed by atoms with Crippen LogP contribution in [0.5, 0.6) is 0 Å². The molecule has 21 heavy (non-hydrogen) atoms. The van der Waals surface area contributed by atoms with Crippen molar-refractivity contribution in [3.63, 3.8) is 0 Å². The molecular formula is C16H20O5. The fraction of sp³-hybridized carbons (Fsp3) is 0.500. The van der Waals surface area contributed by atoms with Crippen LogP contribution in [0.2, 0.25) is 0 Å². The van der Waals surface area contributed by atoms with E-state index in [4.69, 9.17) is 9.47 Å². The molecule has 114 valence electrons. The Morgan fingerprint density at radius 1 is 1.24 bits per heavy atom. The molecule has 0 N–H and O–H groups in total. The molecule has 1 saturated heterocycles. The van der Waals surface area contributed by atoms with Gasteiger partial charge in [-0.05, 0) is 18.4 Å². The molecule has 0 amide bonds. The van der Waals surface area contributed by atoms with Crippen LogP contribution >= 0.6 is 0 Å². The highest BCUT2D eigenvalue weighted by Crippen LogP contribution is 2.26. The molecule has 0 atom stereocenters. The zero-order valence-corrected chi connectivity index (χ0v) is 12.2. The summed E-state index contributed by atoms with van der Waals surface area (Å²) in [7, 11) is 1.28. The van der Waals surface area contributed by atoms with Crippen LogP contribution < -0.4 is 0 Å². The summed E-state index contributed by atoms with van der Waals surface area (Å²) in [5.41, 5.74) is 1.98. The predicted octanol–water partition coefficient (Wildman–Crippen LogP) is 2.19. The zero-order valence-electron chi connectivity index (χ0n) is 12.2. The third-order valence-corrected chi connectivity index (χ3v) is 3.38. The van der Waals surface area contributed by atoms with Crippen molar-refractivity contribution < 1.29 is 23.8 Å². The molecule has 0 unspecified atom stereocenters. The molecule has 5 nitrogen and oxygen atoms in total. The Kier molecular flexibility index (Phi) is 5.90. The van der Waals surface area contributed by atoms with Crippen molar-refractivity contribution in [2.75, 3.05) is 20.3 Å². The van der Waals surface area contributed by atoms with Gasteiger partial charge in [0.15, 0.2) is 6.29 Å². The molecule has 0 aliphatic carbocycles. The number of hydrogen-bond acceptors (Lipinski definition) is 5. The number of aryl methyl sites for hydroxylation is 1. The van der Waals surface area contributed by atoms with Crippen molar-refractivity contribution in [2.24, 2.45) is 0 Å². The monoisotopic (exact) mass is 292 g/mol. The second-order valence-corrected chi connectivity index (χ2v) is 4.92. The van der Waals surface area contributed by atoms with E-state index in [1.165, 1.54) is 7.11 Å². The smallest absolute Gasteiger partial charge is 0.313 e. The quantitative estimate of drug-likeness (QED) is 0.594. The number of carbonyl (C=O) groups excluding carboxylic acids is 2. The van der Waals surface area contributed by atoms with Gasteiger partial charge >= 0.3 is 5.97 Å². The van der Waals surface area contributed by atoms with Crippen LogP contribution in [-0.2, 0) is 30.2 Å². The van der Waals surface area contributed by atoms with Gasteiger partial charge in [0.05, 0.1) is 20.3 Å². The molecule has 0 aromatic heterocycles. The van der Waals surface area contributed by atoms with Crippen molar-refractivity contribution in [1.29, 1.82) is 0 Å². The molecule has 5 heteroatoms. The Morgan fingerprint density at radius 2 is 1.95 bits per heavy atom. The van der Waals surface area contributed by atoms with Crippen LogP contribution in [-0.4, -0.2) is 32.1 Å². The van der Waals surface area contributed by atoms with Gasteiger partial charge in [0, 0.05) is 12.0 Å². The zero-order chi connectivity index (χ0) is 15.1. The second kappa shape index (κ2) is 7.90. The van der Waals surface area contributed by atoms with Gasteiger partial charge < -0.3 is 14.2 Å². The van der Waals surface area contributed by atoms with E-state index in [0.29, 0.717) is 26.1 Å². The number of carbonyl (C=O) groups is 2. The molecule has 0 bridgehead atoms. The van der Waals surface area contributed by atoms with E-state index in [0.717, 1.165) is 17.5 Å². The summed E-state index contributed by atoms with van der Waals surface area (Å²) in [6.07, 6.45) is 1.24. The number of benzene rings is 1. The number of methoxy groups -OCH3 is 1. The normalized spacial score (nSPS) is 15.7. The highest BCUT2D eigenvalue weighted by Gasteiger charge is 2.20. The minimum absolute atomic E-state index is 0.123. The van der Waals surface area contributed by atoms with E-state index >= 15 is 0 Å². The molecule has 2 rings (SSSR count). The lowest BCUT2D eigenvalue weighted by Crippen LogP contribution is -2.19. The third-order valence-electron chi connectivity index (χ3n) is 3.38. The number of hydrogen-bond donors (Lipinski definition) is 0. The molecule has 0 saturated carbocycles. The van der Waals surface area contributed by atoms with Crippen LogP contribution in [0.1, 0.15) is 36.7 Å². The van der Waals surface area contributed by atoms with Gasteiger partial charge in [0.25, 0.3) is 0 Å². The fourth-order valence-electron chi connectivity index (χ4n) is 2.25. The van der Waals surface area contributed by atoms with Gasteiger partial charge in [0.1, 0.15) is 12.2 Å². The van der Waals surface area contributed by atoms with E-state index in [2.05, 4.69) is 4.74 Å². The lowest BCUT2D eigenvalue weighted by molar-refractivity contribution is -0.183. The number of ketones is 1. The standard InChI is InChI=1S/C16H20O5/c1-19-15(18)11-13(17)8-7-12-5-2-3-6-14(12)16-20-9-4-10-21-16/h2-3,5-6,16H,4,7-11H2,1H3. The Bertz CT molecular complexity index is 491. The van der Waals surface area contributed by atoms with Crippen molar-refractivity contribution >= 4 is 11.8 Å². The Labute approximate surface area is 124 Å². The summed E-state index contributed by atoms with van der Waals surface area (Å²) in [5.74, 6) is -0.616. The van der Waals surface area contributed by atoms with Gasteiger partial charge in [-0.15, -0.1) is 0 Å². The summed E-state index contributed by atoms with van der Waals surface area (Å²) >= 11 is 0. The highest BCUT2D eigenvalue weighted by molar-refractivity contribution is 5.95. The minimum Gasteiger partial charge on any atom is -0.469 e. The Morgan fingerprint density at radius 3 is 2.67 bits per heavy atom. The first-order chi connectivity index (χ1) is 10.2. The molecule has 1 aliphatic heterocycles. The van der Waals surface area contributed by atoms with Gasteiger partial charge in [-0.25, -0.2) is 0 Å². The summed E-state index contributed by atoms with van der Waals surface area (Å²) in [5, 5.41) is 0. The lowest BCUT2D eigenvalue weighted by Gasteiger charge is -2.25.